The maximum absolute atomic E-state index is 3.77. The maximum Gasteiger partial charge on any atom is 0.0256 e. The minimum atomic E-state index is 0.535. The van der Waals surface area contributed by atoms with Gasteiger partial charge in [-0.3, -0.25) is 0 Å². The Bertz CT molecular complexity index is 190. The first-order valence-electron chi connectivity index (χ1n) is 5.69. The summed E-state index contributed by atoms with van der Waals surface area (Å²) in [5.74, 6) is 2.72. The quantitative estimate of drug-likeness (QED) is 0.802. The lowest BCUT2D eigenvalue weighted by Gasteiger charge is -2.26. The second-order valence-electron chi connectivity index (χ2n) is 4.75. The summed E-state index contributed by atoms with van der Waals surface area (Å²) in [6.45, 7) is 6.00. The molecule has 0 radical (unpaired) electrons. The van der Waals surface area contributed by atoms with Crippen molar-refractivity contribution in [2.24, 2.45) is 0 Å². The lowest BCUT2D eigenvalue weighted by molar-refractivity contribution is 0.460. The van der Waals surface area contributed by atoms with Crippen molar-refractivity contribution in [3.63, 3.8) is 0 Å². The lowest BCUT2D eigenvalue weighted by Crippen LogP contribution is -2.41. The zero-order valence-corrected chi connectivity index (χ0v) is 10.8. The Balaban J connectivity index is 1.75. The van der Waals surface area contributed by atoms with E-state index in [1.54, 1.807) is 0 Å². The topological polar surface area (TPSA) is 12.0 Å². The van der Waals surface area contributed by atoms with Crippen LogP contribution in [-0.2, 0) is 0 Å². The number of hydrogen-bond donors (Lipinski definition) is 1. The smallest absolute Gasteiger partial charge is 0.0256 e. The van der Waals surface area contributed by atoms with E-state index in [2.05, 4.69) is 42.7 Å². The number of rotatable bonds is 3. The van der Waals surface area contributed by atoms with Gasteiger partial charge in [0.15, 0.2) is 0 Å². The van der Waals surface area contributed by atoms with Crippen LogP contribution in [0, 0.1) is 0 Å². The van der Waals surface area contributed by atoms with Gasteiger partial charge in [-0.25, -0.2) is 0 Å². The van der Waals surface area contributed by atoms with Crippen LogP contribution in [0.3, 0.4) is 0 Å². The Labute approximate surface area is 96.2 Å². The summed E-state index contributed by atoms with van der Waals surface area (Å²) in [6.07, 6.45) is 4.18. The zero-order valence-electron chi connectivity index (χ0n) is 9.21. The third-order valence-electron chi connectivity index (χ3n) is 3.41. The highest BCUT2D eigenvalue weighted by molar-refractivity contribution is 8.01. The van der Waals surface area contributed by atoms with Gasteiger partial charge in [-0.1, -0.05) is 6.92 Å². The molecule has 0 bridgehead atoms. The third kappa shape index (κ3) is 2.61. The standard InChI is InChI=1S/C11H21NS2/c1-9-10(4-7-13-9)12-8-11(2)5-3-6-14-11/h9-10,12H,3-8H2,1-2H3. The van der Waals surface area contributed by atoms with Crippen LogP contribution in [0.5, 0.6) is 0 Å². The molecule has 2 aliphatic rings. The van der Waals surface area contributed by atoms with Crippen molar-refractivity contribution in [3.8, 4) is 0 Å². The molecular weight excluding hydrogens is 210 g/mol. The Hall–Kier alpha value is 0.660. The van der Waals surface area contributed by atoms with E-state index in [0.717, 1.165) is 11.3 Å². The predicted molar refractivity (Wildman–Crippen MR) is 68.4 cm³/mol. The summed E-state index contributed by atoms with van der Waals surface area (Å²) in [4.78, 5) is 0. The lowest BCUT2D eigenvalue weighted by atomic mass is 10.0. The SMILES string of the molecule is CC1SCCC1NCC1(C)CCCS1. The predicted octanol–water partition coefficient (Wildman–Crippen LogP) is 2.76. The second kappa shape index (κ2) is 4.67. The van der Waals surface area contributed by atoms with Gasteiger partial charge < -0.3 is 5.32 Å². The van der Waals surface area contributed by atoms with Gasteiger partial charge in [0, 0.05) is 22.6 Å². The molecule has 1 N–H and O–H groups in total. The van der Waals surface area contributed by atoms with Crippen LogP contribution in [0.15, 0.2) is 0 Å². The van der Waals surface area contributed by atoms with Gasteiger partial charge in [-0.15, -0.1) is 0 Å². The van der Waals surface area contributed by atoms with Gasteiger partial charge in [-0.2, -0.15) is 23.5 Å². The Kier molecular flexibility index (Phi) is 3.72. The molecule has 3 atom stereocenters. The van der Waals surface area contributed by atoms with Crippen LogP contribution in [0.25, 0.3) is 0 Å². The molecular formula is C11H21NS2. The Morgan fingerprint density at radius 1 is 1.43 bits per heavy atom. The first-order valence-corrected chi connectivity index (χ1v) is 7.72. The molecule has 2 saturated heterocycles. The summed E-state index contributed by atoms with van der Waals surface area (Å²) >= 11 is 4.28. The maximum atomic E-state index is 3.77. The van der Waals surface area contributed by atoms with E-state index in [1.807, 2.05) is 0 Å². The molecule has 2 heterocycles. The average molecular weight is 231 g/mol. The fraction of sp³-hybridized carbons (Fsp3) is 1.00. The molecule has 0 aromatic heterocycles. The minimum Gasteiger partial charge on any atom is -0.311 e. The van der Waals surface area contributed by atoms with Crippen molar-refractivity contribution >= 4 is 23.5 Å². The molecule has 1 nitrogen and oxygen atoms in total. The molecule has 0 saturated carbocycles. The van der Waals surface area contributed by atoms with Crippen LogP contribution in [0.4, 0.5) is 0 Å². The molecule has 2 rings (SSSR count). The Morgan fingerprint density at radius 3 is 2.86 bits per heavy atom. The first kappa shape index (κ1) is 11.2. The average Bonchev–Trinajstić information content (AvgIpc) is 2.73. The van der Waals surface area contributed by atoms with E-state index in [-0.39, 0.29) is 0 Å². The van der Waals surface area contributed by atoms with Crippen LogP contribution in [-0.4, -0.2) is 34.1 Å². The van der Waals surface area contributed by atoms with Gasteiger partial charge in [0.1, 0.15) is 0 Å². The van der Waals surface area contributed by atoms with Crippen molar-refractivity contribution in [2.45, 2.75) is 49.1 Å². The third-order valence-corrected chi connectivity index (χ3v) is 6.28. The number of nitrogens with one attached hydrogen (secondary N) is 1. The van der Waals surface area contributed by atoms with Crippen LogP contribution >= 0.6 is 23.5 Å². The fourth-order valence-electron chi connectivity index (χ4n) is 2.32. The molecule has 0 aliphatic carbocycles. The van der Waals surface area contributed by atoms with E-state index < -0.39 is 0 Å². The molecule has 0 spiro atoms. The van der Waals surface area contributed by atoms with Gasteiger partial charge in [0.25, 0.3) is 0 Å². The van der Waals surface area contributed by atoms with E-state index in [0.29, 0.717) is 4.75 Å². The molecule has 82 valence electrons. The van der Waals surface area contributed by atoms with E-state index in [4.69, 9.17) is 0 Å². The highest BCUT2D eigenvalue weighted by Crippen LogP contribution is 2.37. The Morgan fingerprint density at radius 2 is 2.29 bits per heavy atom. The van der Waals surface area contributed by atoms with E-state index >= 15 is 0 Å². The summed E-state index contributed by atoms with van der Waals surface area (Å²) < 4.78 is 0.535. The summed E-state index contributed by atoms with van der Waals surface area (Å²) in [6, 6.07) is 0.776. The monoisotopic (exact) mass is 231 g/mol. The van der Waals surface area contributed by atoms with Crippen molar-refractivity contribution < 1.29 is 0 Å². The van der Waals surface area contributed by atoms with Crippen LogP contribution < -0.4 is 5.32 Å². The summed E-state index contributed by atoms with van der Waals surface area (Å²) in [5.41, 5.74) is 0. The van der Waals surface area contributed by atoms with Crippen LogP contribution in [0.1, 0.15) is 33.1 Å². The highest BCUT2D eigenvalue weighted by atomic mass is 32.2. The molecule has 0 amide bonds. The first-order chi connectivity index (χ1) is 6.70. The molecule has 14 heavy (non-hydrogen) atoms. The zero-order chi connectivity index (χ0) is 10.0. The summed E-state index contributed by atoms with van der Waals surface area (Å²) in [5, 5.41) is 4.60. The molecule has 0 aromatic carbocycles. The van der Waals surface area contributed by atoms with Crippen molar-refractivity contribution in [1.82, 2.24) is 5.32 Å². The van der Waals surface area contributed by atoms with Gasteiger partial charge >= 0.3 is 0 Å². The van der Waals surface area contributed by atoms with Gasteiger partial charge in [0.05, 0.1) is 0 Å². The summed E-state index contributed by atoms with van der Waals surface area (Å²) in [7, 11) is 0. The van der Waals surface area contributed by atoms with Gasteiger partial charge in [0.2, 0.25) is 0 Å². The normalized spacial score (nSPS) is 43.3. The van der Waals surface area contributed by atoms with Crippen molar-refractivity contribution in [1.29, 1.82) is 0 Å². The highest BCUT2D eigenvalue weighted by Gasteiger charge is 2.31. The molecule has 0 aromatic rings. The molecule has 2 fully saturated rings. The fourth-order valence-corrected chi connectivity index (χ4v) is 4.81. The van der Waals surface area contributed by atoms with Crippen molar-refractivity contribution in [3.05, 3.63) is 0 Å². The van der Waals surface area contributed by atoms with E-state index in [1.165, 1.54) is 37.3 Å². The largest absolute Gasteiger partial charge is 0.311 e. The van der Waals surface area contributed by atoms with Gasteiger partial charge in [-0.05, 0) is 37.7 Å². The van der Waals surface area contributed by atoms with Crippen molar-refractivity contribution in [2.75, 3.05) is 18.1 Å². The molecule has 3 heteroatoms. The van der Waals surface area contributed by atoms with Crippen LogP contribution in [0.2, 0.25) is 0 Å². The molecule has 3 unspecified atom stereocenters. The second-order valence-corrected chi connectivity index (χ2v) is 7.92. The number of thioether (sulfide) groups is 2. The number of hydrogen-bond acceptors (Lipinski definition) is 3. The molecule has 2 aliphatic heterocycles. The van der Waals surface area contributed by atoms with E-state index in [9.17, 15) is 0 Å². The minimum absolute atomic E-state index is 0.535.